The van der Waals surface area contributed by atoms with E-state index in [1.807, 2.05) is 47.6 Å². The van der Waals surface area contributed by atoms with Crippen LogP contribution in [0.3, 0.4) is 0 Å². The first-order valence-corrected chi connectivity index (χ1v) is 23.9. The molecule has 2 amide bonds. The van der Waals surface area contributed by atoms with Gasteiger partial charge in [-0.15, -0.1) is 4.13 Å². The number of amides is 2. The molecule has 0 saturated heterocycles. The van der Waals surface area contributed by atoms with Gasteiger partial charge in [-0.1, -0.05) is 71.9 Å². The van der Waals surface area contributed by atoms with E-state index in [2.05, 4.69) is 15.4 Å². The molecule has 0 heterocycles. The van der Waals surface area contributed by atoms with Gasteiger partial charge in [0, 0.05) is 27.9 Å². The van der Waals surface area contributed by atoms with Gasteiger partial charge in [0.15, 0.2) is 6.61 Å². The van der Waals surface area contributed by atoms with Crippen molar-refractivity contribution in [3.63, 3.8) is 0 Å². The van der Waals surface area contributed by atoms with Crippen LogP contribution in [-0.4, -0.2) is 68.5 Å². The number of anilines is 3. The van der Waals surface area contributed by atoms with Crippen LogP contribution in [0.15, 0.2) is 108 Å². The van der Waals surface area contributed by atoms with E-state index in [1.165, 1.54) is 28.4 Å². The van der Waals surface area contributed by atoms with E-state index >= 15 is 0 Å². The number of aldehydes is 2. The smallest absolute Gasteiger partial charge is 0.316 e. The number of para-hydroxylation sites is 1. The van der Waals surface area contributed by atoms with Crippen LogP contribution in [0, 0.1) is 0 Å². The van der Waals surface area contributed by atoms with Gasteiger partial charge in [0.1, 0.15) is 35.6 Å². The van der Waals surface area contributed by atoms with Crippen LogP contribution in [-0.2, 0) is 58.2 Å². The molecule has 0 aromatic heterocycles. The van der Waals surface area contributed by atoms with Crippen molar-refractivity contribution >= 4 is 72.8 Å². The molecule has 0 spiro atoms. The minimum Gasteiger partial charge on any atom is -0.505 e. The quantitative estimate of drug-likeness (QED) is 0.0456. The van der Waals surface area contributed by atoms with Gasteiger partial charge in [-0.05, 0) is 89.2 Å². The summed E-state index contributed by atoms with van der Waals surface area (Å²) in [4.78, 5) is 47.1. The van der Waals surface area contributed by atoms with Gasteiger partial charge >= 0.3 is 11.3 Å². The van der Waals surface area contributed by atoms with Crippen LogP contribution in [0.1, 0.15) is 78.9 Å². The zero-order valence-electron chi connectivity index (χ0n) is 36.5. The van der Waals surface area contributed by atoms with Crippen molar-refractivity contribution in [1.29, 1.82) is 0 Å². The maximum Gasteiger partial charge on any atom is 0.316 e. The van der Waals surface area contributed by atoms with E-state index in [0.717, 1.165) is 17.7 Å². The van der Waals surface area contributed by atoms with Crippen molar-refractivity contribution in [2.24, 2.45) is 0 Å². The third-order valence-corrected chi connectivity index (χ3v) is 12.6. The highest BCUT2D eigenvalue weighted by molar-refractivity contribution is 8.04. The summed E-state index contributed by atoms with van der Waals surface area (Å²) in [6.07, 6.45) is 2.06. The zero-order chi connectivity index (χ0) is 48.3. The summed E-state index contributed by atoms with van der Waals surface area (Å²) < 4.78 is 73.2. The molecule has 6 N–H and O–H groups in total. The number of rotatable bonds is 16. The molecule has 1 unspecified atom stereocenters. The summed E-state index contributed by atoms with van der Waals surface area (Å²) in [5.74, 6) is -0.553. The van der Waals surface area contributed by atoms with E-state index in [9.17, 15) is 50.4 Å². The molecule has 0 aliphatic carbocycles. The third kappa shape index (κ3) is 15.6. The first-order chi connectivity index (χ1) is 30.3. The highest BCUT2D eigenvalue weighted by atomic mass is 32.3. The molecule has 0 radical (unpaired) electrons. The van der Waals surface area contributed by atoms with Crippen molar-refractivity contribution in [2.75, 3.05) is 28.2 Å². The number of carbonyl (C=O) groups is 4. The number of hydrogen-bond donors (Lipinski definition) is 6. The molecule has 0 bridgehead atoms. The van der Waals surface area contributed by atoms with E-state index in [0.29, 0.717) is 47.0 Å². The fourth-order valence-electron chi connectivity index (χ4n) is 5.83. The molecule has 1 atom stereocenters. The monoisotopic (exact) mass is 950 g/mol. The summed E-state index contributed by atoms with van der Waals surface area (Å²) >= 11 is -1.77. The summed E-state index contributed by atoms with van der Waals surface area (Å²) in [5.41, 5.74) is 2.36. The van der Waals surface area contributed by atoms with Gasteiger partial charge in [0.05, 0.1) is 28.9 Å². The lowest BCUT2D eigenvalue weighted by molar-refractivity contribution is -0.118. The lowest BCUT2D eigenvalue weighted by Crippen LogP contribution is -2.29. The highest BCUT2D eigenvalue weighted by Crippen LogP contribution is 2.38. The largest absolute Gasteiger partial charge is 0.505 e. The van der Waals surface area contributed by atoms with Crippen LogP contribution < -0.4 is 28.4 Å². The Bertz CT molecular complexity index is 2770. The average molecular weight is 951 g/mol. The second-order valence-electron chi connectivity index (χ2n) is 16.5. The second kappa shape index (κ2) is 21.4. The van der Waals surface area contributed by atoms with E-state index in [1.54, 1.807) is 60.7 Å². The Labute approximate surface area is 380 Å². The van der Waals surface area contributed by atoms with Crippen molar-refractivity contribution < 1.29 is 59.4 Å². The molecule has 0 saturated carbocycles. The maximum atomic E-state index is 12.6. The van der Waals surface area contributed by atoms with E-state index in [-0.39, 0.29) is 51.4 Å². The van der Waals surface area contributed by atoms with Gasteiger partial charge < -0.3 is 29.8 Å². The molecule has 20 heteroatoms. The molecule has 346 valence electrons. The fourth-order valence-corrected chi connectivity index (χ4v) is 8.96. The number of carbonyl (C=O) groups excluding carboxylic acids is 4. The molecular weight excluding hydrogens is 901 g/mol. The molecule has 5 aromatic carbocycles. The van der Waals surface area contributed by atoms with Gasteiger partial charge in [0.2, 0.25) is 15.9 Å². The lowest BCUT2D eigenvalue weighted by atomic mass is 9.85. The standard InChI is InChI=1S/C25H26N2O5S.C20H24N2O8S2/c1-25(2,3)21-13-18(16-28)14-22(24(21)30)26-23(29)15-17-9-11-19(12-10-17)27-33(31)32-20-7-5-4-6-8-20;1-20(2,3)16-9-13(11-23)10-17(19(16)25)21-18(24)12-30-14-5-7-15(8-6-14)32(28,29)22-31(4,26)27/h4-14,16,27,30H,15H2,1-3H3,(H,26,29);5-11,22,25H,12H2,1-4H3,(H,21,24). The Morgan fingerprint density at radius 2 is 1.17 bits per heavy atom. The highest BCUT2D eigenvalue weighted by Gasteiger charge is 2.24. The Morgan fingerprint density at radius 1 is 0.677 bits per heavy atom. The van der Waals surface area contributed by atoms with Crippen LogP contribution >= 0.6 is 0 Å². The van der Waals surface area contributed by atoms with Crippen LogP contribution in [0.4, 0.5) is 17.1 Å². The van der Waals surface area contributed by atoms with Crippen molar-refractivity contribution in [2.45, 2.75) is 63.7 Å². The SMILES string of the molecule is CC(C)(C)c1cc(C=O)cc(NC(=O)COc2ccc(S(=O)(=O)NS(C)(=O)=O)cc2)c1O.CC(C)(C)c1cc(C=O)cc(NC(=O)Cc2ccc(NS(=O)Oc3ccccc3)cc2)c1O. The Balaban J connectivity index is 0.000000285. The summed E-state index contributed by atoms with van der Waals surface area (Å²) in [6, 6.07) is 26.3. The number of ether oxygens (including phenoxy) is 1. The number of aromatic hydroxyl groups is 2. The average Bonchev–Trinajstić information content (AvgIpc) is 3.21. The summed E-state index contributed by atoms with van der Waals surface area (Å²) in [5, 5.41) is 26.3. The van der Waals surface area contributed by atoms with Gasteiger partial charge in [-0.2, -0.15) is 4.21 Å². The normalized spacial score (nSPS) is 12.1. The maximum absolute atomic E-state index is 12.6. The van der Waals surface area contributed by atoms with Gasteiger partial charge in [0.25, 0.3) is 15.9 Å². The Morgan fingerprint density at radius 3 is 1.63 bits per heavy atom. The third-order valence-electron chi connectivity index (χ3n) is 8.90. The topological polar surface area (TPSA) is 261 Å². The Hall–Kier alpha value is -6.61. The first-order valence-electron chi connectivity index (χ1n) is 19.5. The van der Waals surface area contributed by atoms with Crippen LogP contribution in [0.25, 0.3) is 0 Å². The fraction of sp³-hybridized carbons (Fsp3) is 0.244. The molecular formula is C45H50N4O13S3. The molecule has 17 nitrogen and oxygen atoms in total. The predicted molar refractivity (Wildman–Crippen MR) is 248 cm³/mol. The molecule has 65 heavy (non-hydrogen) atoms. The van der Waals surface area contributed by atoms with E-state index < -0.39 is 54.7 Å². The minimum atomic E-state index is -4.26. The number of sulfonamides is 2. The van der Waals surface area contributed by atoms with Crippen molar-refractivity contribution in [1.82, 2.24) is 4.13 Å². The molecule has 5 aromatic rings. The number of benzene rings is 5. The van der Waals surface area contributed by atoms with Gasteiger partial charge in [-0.25, -0.2) is 16.8 Å². The number of phenols is 2. The first kappa shape index (κ1) is 51.0. The molecule has 0 fully saturated rings. The van der Waals surface area contributed by atoms with E-state index in [4.69, 9.17) is 8.92 Å². The molecule has 0 aliphatic heterocycles. The Kier molecular flexibility index (Phi) is 16.8. The predicted octanol–water partition coefficient (Wildman–Crippen LogP) is 6.51. The van der Waals surface area contributed by atoms with Crippen LogP contribution in [0.2, 0.25) is 0 Å². The van der Waals surface area contributed by atoms with Gasteiger partial charge in [-0.3, -0.25) is 23.9 Å². The van der Waals surface area contributed by atoms with Crippen LogP contribution in [0.5, 0.6) is 23.0 Å². The molecule has 0 aliphatic rings. The summed E-state index contributed by atoms with van der Waals surface area (Å²) in [6.45, 7) is 10.8. The number of hydrogen-bond acceptors (Lipinski definition) is 13. The molecule has 5 rings (SSSR count). The summed E-state index contributed by atoms with van der Waals surface area (Å²) in [7, 11) is -8.24. The minimum absolute atomic E-state index is 0.0538. The number of phenolic OH excluding ortho intramolecular Hbond substituents is 2. The zero-order valence-corrected chi connectivity index (χ0v) is 38.9. The second-order valence-corrected chi connectivity index (χ2v) is 21.0. The number of nitrogens with one attached hydrogen (secondary N) is 4. The van der Waals surface area contributed by atoms with Crippen molar-refractivity contribution in [3.05, 3.63) is 131 Å². The van der Waals surface area contributed by atoms with Crippen molar-refractivity contribution in [3.8, 4) is 23.0 Å². The lowest BCUT2D eigenvalue weighted by Gasteiger charge is -2.22.